The van der Waals surface area contributed by atoms with Gasteiger partial charge in [0, 0.05) is 5.41 Å². The minimum Gasteiger partial charge on any atom is -0.399 e. The van der Waals surface area contributed by atoms with Gasteiger partial charge in [-0.2, -0.15) is 0 Å². The van der Waals surface area contributed by atoms with Gasteiger partial charge in [-0.05, 0) is 99.9 Å². The van der Waals surface area contributed by atoms with Gasteiger partial charge >= 0.3 is 7.12 Å². The van der Waals surface area contributed by atoms with Crippen molar-refractivity contribution in [2.75, 3.05) is 0 Å². The third-order valence-corrected chi connectivity index (χ3v) is 9.09. The highest BCUT2D eigenvalue weighted by molar-refractivity contribution is 6.62. The van der Waals surface area contributed by atoms with Crippen LogP contribution in [0.2, 0.25) is 0 Å². The Bertz CT molecular complexity index is 1710. The molecule has 7 rings (SSSR count). The van der Waals surface area contributed by atoms with Crippen LogP contribution in [0.1, 0.15) is 52.7 Å². The summed E-state index contributed by atoms with van der Waals surface area (Å²) in [4.78, 5) is 0. The molecule has 0 bridgehead atoms. The van der Waals surface area contributed by atoms with E-state index in [1.807, 2.05) is 0 Å². The highest BCUT2D eigenvalue weighted by Crippen LogP contribution is 2.51. The van der Waals surface area contributed by atoms with Crippen molar-refractivity contribution in [2.24, 2.45) is 0 Å². The fraction of sp³-hybridized carbons (Fsp3) is 0.273. The largest absolute Gasteiger partial charge is 0.494 e. The van der Waals surface area contributed by atoms with Crippen LogP contribution in [0.15, 0.2) is 78.9 Å². The lowest BCUT2D eigenvalue weighted by Crippen LogP contribution is -2.41. The van der Waals surface area contributed by atoms with Crippen molar-refractivity contribution in [3.63, 3.8) is 0 Å². The fourth-order valence-corrected chi connectivity index (χ4v) is 6.29. The summed E-state index contributed by atoms with van der Waals surface area (Å²) in [7, 11) is -0.373. The summed E-state index contributed by atoms with van der Waals surface area (Å²) in [6.45, 7) is 13.1. The van der Waals surface area contributed by atoms with Crippen molar-refractivity contribution in [3.8, 4) is 11.1 Å². The Kier molecular flexibility index (Phi) is 4.29. The number of fused-ring (bicyclic) bond motifs is 9. The quantitative estimate of drug-likeness (QED) is 0.184. The molecule has 0 radical (unpaired) electrons. The maximum Gasteiger partial charge on any atom is 0.494 e. The topological polar surface area (TPSA) is 18.5 Å². The lowest BCUT2D eigenvalue weighted by molar-refractivity contribution is 0.00578. The molecule has 1 aliphatic carbocycles. The van der Waals surface area contributed by atoms with Crippen molar-refractivity contribution in [1.29, 1.82) is 0 Å². The molecule has 36 heavy (non-hydrogen) atoms. The number of rotatable bonds is 1. The second-order valence-corrected chi connectivity index (χ2v) is 12.1. The van der Waals surface area contributed by atoms with Gasteiger partial charge in [0.05, 0.1) is 11.2 Å². The van der Waals surface area contributed by atoms with Crippen molar-refractivity contribution in [1.82, 2.24) is 0 Å². The molecule has 0 N–H and O–H groups in total. The minimum atomic E-state index is -0.373. The molecule has 2 aliphatic rings. The van der Waals surface area contributed by atoms with E-state index < -0.39 is 0 Å². The zero-order valence-electron chi connectivity index (χ0n) is 21.9. The summed E-state index contributed by atoms with van der Waals surface area (Å²) >= 11 is 0. The van der Waals surface area contributed by atoms with Crippen molar-refractivity contribution >= 4 is 44.9 Å². The first-order valence-corrected chi connectivity index (χ1v) is 13.0. The van der Waals surface area contributed by atoms with Gasteiger partial charge in [0.15, 0.2) is 0 Å². The molecule has 3 heteroatoms. The third kappa shape index (κ3) is 2.82. The SMILES string of the molecule is CC1(C)c2ccccc2-c2cc3c4ccccc4c4cc(B5OC(C)(C)C(C)(C)O5)ccc4c3cc21. The van der Waals surface area contributed by atoms with Crippen LogP contribution in [-0.2, 0) is 14.7 Å². The monoisotopic (exact) mass is 470 g/mol. The zero-order chi connectivity index (χ0) is 25.0. The number of hydrogen-bond acceptors (Lipinski definition) is 2. The van der Waals surface area contributed by atoms with Gasteiger partial charge < -0.3 is 9.31 Å². The standard InChI is InChI=1S/C33H31BO2/c1-31(2)29-14-10-9-13-24(29)28-18-26-22-12-8-7-11-21(22)25-17-20(15-16-23(25)27(26)19-30(28)31)34-35-32(3,4)33(5,6)36-34/h7-19H,1-6H3. The predicted molar refractivity (Wildman–Crippen MR) is 152 cm³/mol. The fourth-order valence-electron chi connectivity index (χ4n) is 6.29. The first-order chi connectivity index (χ1) is 17.1. The van der Waals surface area contributed by atoms with E-state index in [0.29, 0.717) is 0 Å². The van der Waals surface area contributed by atoms with Gasteiger partial charge in [-0.15, -0.1) is 0 Å². The van der Waals surface area contributed by atoms with Gasteiger partial charge in [-0.1, -0.05) is 80.6 Å². The minimum absolute atomic E-state index is 0.0271. The molecular formula is C33H31BO2. The first-order valence-electron chi connectivity index (χ1n) is 13.0. The summed E-state index contributed by atoms with van der Waals surface area (Å²) in [5.74, 6) is 0. The Morgan fingerprint density at radius 3 is 1.75 bits per heavy atom. The number of hydrogen-bond donors (Lipinski definition) is 0. The summed E-state index contributed by atoms with van der Waals surface area (Å²) in [5.41, 5.74) is 5.86. The normalized spacial score (nSPS) is 19.2. The molecule has 5 aromatic rings. The Morgan fingerprint density at radius 1 is 0.500 bits per heavy atom. The Hall–Kier alpha value is -3.14. The Labute approximate surface area is 213 Å². The average Bonchev–Trinajstić information content (AvgIpc) is 3.22. The average molecular weight is 470 g/mol. The predicted octanol–water partition coefficient (Wildman–Crippen LogP) is 7.75. The molecule has 5 aromatic carbocycles. The molecule has 0 saturated carbocycles. The Morgan fingerprint density at radius 2 is 1.06 bits per heavy atom. The summed E-state index contributed by atoms with van der Waals surface area (Å²) in [6.07, 6.45) is 0. The summed E-state index contributed by atoms with van der Waals surface area (Å²) in [6, 6.07) is 29.3. The maximum absolute atomic E-state index is 6.40. The van der Waals surface area contributed by atoms with Crippen molar-refractivity contribution in [2.45, 2.75) is 58.2 Å². The van der Waals surface area contributed by atoms with Gasteiger partial charge in [-0.25, -0.2) is 0 Å². The van der Waals surface area contributed by atoms with E-state index in [2.05, 4.69) is 120 Å². The molecule has 178 valence electrons. The molecule has 1 heterocycles. The van der Waals surface area contributed by atoms with E-state index in [9.17, 15) is 0 Å². The first kappa shape index (κ1) is 22.1. The van der Waals surface area contributed by atoms with Gasteiger partial charge in [0.2, 0.25) is 0 Å². The molecule has 1 saturated heterocycles. The van der Waals surface area contributed by atoms with E-state index in [0.717, 1.165) is 5.46 Å². The molecule has 0 atom stereocenters. The van der Waals surface area contributed by atoms with Crippen LogP contribution >= 0.6 is 0 Å². The van der Waals surface area contributed by atoms with Crippen molar-refractivity contribution in [3.05, 3.63) is 90.0 Å². The van der Waals surface area contributed by atoms with Crippen LogP contribution in [0.4, 0.5) is 0 Å². The van der Waals surface area contributed by atoms with E-state index in [1.54, 1.807) is 0 Å². The van der Waals surface area contributed by atoms with Gasteiger partial charge in [0.1, 0.15) is 0 Å². The van der Waals surface area contributed by atoms with E-state index in [4.69, 9.17) is 9.31 Å². The van der Waals surface area contributed by atoms with E-state index in [-0.39, 0.29) is 23.7 Å². The van der Waals surface area contributed by atoms with Crippen LogP contribution in [-0.4, -0.2) is 18.3 Å². The smallest absolute Gasteiger partial charge is 0.399 e. The Balaban J connectivity index is 1.52. The third-order valence-electron chi connectivity index (χ3n) is 9.09. The maximum atomic E-state index is 6.40. The second-order valence-electron chi connectivity index (χ2n) is 12.1. The molecule has 2 nitrogen and oxygen atoms in total. The van der Waals surface area contributed by atoms with Crippen LogP contribution in [0, 0.1) is 0 Å². The lowest BCUT2D eigenvalue weighted by atomic mass is 9.77. The van der Waals surface area contributed by atoms with E-state index in [1.165, 1.54) is 54.6 Å². The van der Waals surface area contributed by atoms with Crippen LogP contribution in [0.25, 0.3) is 43.4 Å². The van der Waals surface area contributed by atoms with Crippen LogP contribution < -0.4 is 5.46 Å². The molecule has 0 spiro atoms. The molecular weight excluding hydrogens is 439 g/mol. The molecule has 0 amide bonds. The zero-order valence-corrected chi connectivity index (χ0v) is 21.9. The van der Waals surface area contributed by atoms with Gasteiger partial charge in [-0.3, -0.25) is 0 Å². The summed E-state index contributed by atoms with van der Waals surface area (Å²) in [5, 5.41) is 7.70. The van der Waals surface area contributed by atoms with E-state index >= 15 is 0 Å². The molecule has 0 aromatic heterocycles. The number of benzene rings is 5. The lowest BCUT2D eigenvalue weighted by Gasteiger charge is -2.32. The van der Waals surface area contributed by atoms with Crippen molar-refractivity contribution < 1.29 is 9.31 Å². The van der Waals surface area contributed by atoms with Gasteiger partial charge in [0.25, 0.3) is 0 Å². The highest BCUT2D eigenvalue weighted by atomic mass is 16.7. The summed E-state index contributed by atoms with van der Waals surface area (Å²) < 4.78 is 12.8. The molecule has 1 aliphatic heterocycles. The molecule has 1 fully saturated rings. The van der Waals surface area contributed by atoms with Crippen LogP contribution in [0.5, 0.6) is 0 Å². The highest BCUT2D eigenvalue weighted by Gasteiger charge is 2.51. The molecule has 0 unspecified atom stereocenters. The second kappa shape index (κ2) is 7.00. The van der Waals surface area contributed by atoms with Crippen LogP contribution in [0.3, 0.4) is 0 Å².